The molecule has 0 atom stereocenters. The molecule has 0 bridgehead atoms. The van der Waals surface area contributed by atoms with Gasteiger partial charge in [0.25, 0.3) is 0 Å². The van der Waals surface area contributed by atoms with E-state index in [4.69, 9.17) is 5.11 Å². The van der Waals surface area contributed by atoms with Crippen molar-refractivity contribution in [2.24, 2.45) is 0 Å². The van der Waals surface area contributed by atoms with Crippen molar-refractivity contribution in [2.75, 3.05) is 19.6 Å². The van der Waals surface area contributed by atoms with Crippen molar-refractivity contribution in [3.63, 3.8) is 0 Å². The van der Waals surface area contributed by atoms with E-state index >= 15 is 0 Å². The van der Waals surface area contributed by atoms with Gasteiger partial charge in [-0.15, -0.1) is 0 Å². The summed E-state index contributed by atoms with van der Waals surface area (Å²) in [4.78, 5) is 12.7. The average Bonchev–Trinajstić information content (AvgIpc) is 2.46. The lowest BCUT2D eigenvalue weighted by Crippen LogP contribution is -2.42. The molecule has 2 rings (SSSR count). The Morgan fingerprint density at radius 1 is 1.32 bits per heavy atom. The second-order valence-corrected chi connectivity index (χ2v) is 5.05. The number of aliphatic carboxylic acids is 1. The second kappa shape index (κ2) is 5.85. The molecule has 0 unspecified atom stereocenters. The van der Waals surface area contributed by atoms with Crippen LogP contribution in [0.4, 0.5) is 0 Å². The maximum Gasteiger partial charge on any atom is 0.304 e. The SMILES string of the molecule is N#CC1(c2ccccc2)CCN(CCC(=O)O)CC1. The first-order chi connectivity index (χ1) is 9.16. The van der Waals surface area contributed by atoms with Gasteiger partial charge in [0.2, 0.25) is 0 Å². The van der Waals surface area contributed by atoms with Crippen molar-refractivity contribution in [1.82, 2.24) is 4.90 Å². The van der Waals surface area contributed by atoms with Gasteiger partial charge >= 0.3 is 5.97 Å². The highest BCUT2D eigenvalue weighted by molar-refractivity contribution is 5.66. The van der Waals surface area contributed by atoms with Gasteiger partial charge in [-0.05, 0) is 31.5 Å². The molecule has 19 heavy (non-hydrogen) atoms. The number of hydrogen-bond donors (Lipinski definition) is 1. The maximum atomic E-state index is 10.6. The molecule has 1 heterocycles. The lowest BCUT2D eigenvalue weighted by molar-refractivity contribution is -0.137. The molecule has 1 N–H and O–H groups in total. The fourth-order valence-corrected chi connectivity index (χ4v) is 2.63. The summed E-state index contributed by atoms with van der Waals surface area (Å²) in [5.41, 5.74) is 0.677. The number of likely N-dealkylation sites (tertiary alicyclic amines) is 1. The zero-order chi connectivity index (χ0) is 13.7. The van der Waals surface area contributed by atoms with Crippen molar-refractivity contribution in [1.29, 1.82) is 5.26 Å². The van der Waals surface area contributed by atoms with Gasteiger partial charge < -0.3 is 10.0 Å². The van der Waals surface area contributed by atoms with Crippen LogP contribution in [0.3, 0.4) is 0 Å². The first-order valence-corrected chi connectivity index (χ1v) is 6.57. The van der Waals surface area contributed by atoms with Crippen LogP contribution < -0.4 is 0 Å². The number of carboxylic acids is 1. The Balaban J connectivity index is 2.01. The number of benzene rings is 1. The Morgan fingerprint density at radius 2 is 1.95 bits per heavy atom. The Hall–Kier alpha value is -1.86. The monoisotopic (exact) mass is 258 g/mol. The van der Waals surface area contributed by atoms with Crippen molar-refractivity contribution in [3.05, 3.63) is 35.9 Å². The highest BCUT2D eigenvalue weighted by Gasteiger charge is 2.36. The van der Waals surface area contributed by atoms with Crippen LogP contribution in [-0.4, -0.2) is 35.6 Å². The van der Waals surface area contributed by atoms with E-state index in [1.165, 1.54) is 0 Å². The van der Waals surface area contributed by atoms with E-state index in [-0.39, 0.29) is 6.42 Å². The summed E-state index contributed by atoms with van der Waals surface area (Å²) in [6.07, 6.45) is 1.71. The van der Waals surface area contributed by atoms with E-state index in [1.807, 2.05) is 30.3 Å². The van der Waals surface area contributed by atoms with Crippen molar-refractivity contribution >= 4 is 5.97 Å². The summed E-state index contributed by atoms with van der Waals surface area (Å²) in [5.74, 6) is -0.764. The van der Waals surface area contributed by atoms with E-state index in [2.05, 4.69) is 11.0 Å². The number of hydrogen-bond acceptors (Lipinski definition) is 3. The summed E-state index contributed by atoms with van der Waals surface area (Å²) in [5, 5.41) is 18.2. The van der Waals surface area contributed by atoms with E-state index < -0.39 is 11.4 Å². The fourth-order valence-electron chi connectivity index (χ4n) is 2.63. The highest BCUT2D eigenvalue weighted by atomic mass is 16.4. The molecule has 1 aliphatic heterocycles. The number of carbonyl (C=O) groups is 1. The van der Waals surface area contributed by atoms with E-state index in [9.17, 15) is 10.1 Å². The van der Waals surface area contributed by atoms with Gasteiger partial charge in [-0.1, -0.05) is 30.3 Å². The fraction of sp³-hybridized carbons (Fsp3) is 0.467. The Morgan fingerprint density at radius 3 is 2.47 bits per heavy atom. The predicted octanol–water partition coefficient (Wildman–Crippen LogP) is 2.02. The number of rotatable bonds is 4. The van der Waals surface area contributed by atoms with Crippen LogP contribution in [0.25, 0.3) is 0 Å². The smallest absolute Gasteiger partial charge is 0.304 e. The van der Waals surface area contributed by atoms with Crippen LogP contribution >= 0.6 is 0 Å². The molecule has 4 nitrogen and oxygen atoms in total. The van der Waals surface area contributed by atoms with Gasteiger partial charge in [0.05, 0.1) is 17.9 Å². The van der Waals surface area contributed by atoms with Crippen molar-refractivity contribution in [3.8, 4) is 6.07 Å². The maximum absolute atomic E-state index is 10.6. The zero-order valence-corrected chi connectivity index (χ0v) is 10.9. The van der Waals surface area contributed by atoms with Crippen molar-refractivity contribution < 1.29 is 9.90 Å². The first kappa shape index (κ1) is 13.6. The van der Waals surface area contributed by atoms with Crippen LogP contribution in [0, 0.1) is 11.3 Å². The number of carboxylic acid groups (broad SMARTS) is 1. The molecule has 4 heteroatoms. The molecule has 0 radical (unpaired) electrons. The van der Waals surface area contributed by atoms with Crippen LogP contribution in [0.1, 0.15) is 24.8 Å². The van der Waals surface area contributed by atoms with Crippen molar-refractivity contribution in [2.45, 2.75) is 24.7 Å². The van der Waals surface area contributed by atoms with Crippen LogP contribution in [0.5, 0.6) is 0 Å². The van der Waals surface area contributed by atoms with Crippen LogP contribution in [0.2, 0.25) is 0 Å². The molecular weight excluding hydrogens is 240 g/mol. The summed E-state index contributed by atoms with van der Waals surface area (Å²) >= 11 is 0. The normalized spacial score (nSPS) is 18.7. The molecule has 1 aliphatic rings. The van der Waals surface area contributed by atoms with E-state index in [1.54, 1.807) is 0 Å². The van der Waals surface area contributed by atoms with Crippen LogP contribution in [0.15, 0.2) is 30.3 Å². The van der Waals surface area contributed by atoms with E-state index in [0.717, 1.165) is 31.5 Å². The molecule has 0 spiro atoms. The molecule has 100 valence electrons. The highest BCUT2D eigenvalue weighted by Crippen LogP contribution is 2.34. The molecule has 1 aromatic carbocycles. The molecule has 0 aromatic heterocycles. The Bertz CT molecular complexity index is 471. The summed E-state index contributed by atoms with van der Waals surface area (Å²) in [6.45, 7) is 2.15. The minimum atomic E-state index is -0.764. The molecule has 0 amide bonds. The lowest BCUT2D eigenvalue weighted by Gasteiger charge is -2.37. The third kappa shape index (κ3) is 3.12. The van der Waals surface area contributed by atoms with Gasteiger partial charge in [0.1, 0.15) is 0 Å². The third-order valence-electron chi connectivity index (χ3n) is 3.89. The van der Waals surface area contributed by atoms with Gasteiger partial charge in [-0.25, -0.2) is 0 Å². The van der Waals surface area contributed by atoms with Gasteiger partial charge in [0, 0.05) is 6.54 Å². The lowest BCUT2D eigenvalue weighted by atomic mass is 9.74. The number of nitrogens with zero attached hydrogens (tertiary/aromatic N) is 2. The predicted molar refractivity (Wildman–Crippen MR) is 71.7 cm³/mol. The van der Waals surface area contributed by atoms with Crippen LogP contribution in [-0.2, 0) is 10.2 Å². The molecule has 0 aliphatic carbocycles. The van der Waals surface area contributed by atoms with Gasteiger partial charge in [-0.3, -0.25) is 4.79 Å². The Kier molecular flexibility index (Phi) is 4.18. The number of nitriles is 1. The molecular formula is C15H18N2O2. The molecule has 1 aromatic rings. The minimum Gasteiger partial charge on any atom is -0.481 e. The zero-order valence-electron chi connectivity index (χ0n) is 10.9. The summed E-state index contributed by atoms with van der Waals surface area (Å²) < 4.78 is 0. The largest absolute Gasteiger partial charge is 0.481 e. The van der Waals surface area contributed by atoms with Gasteiger partial charge in [-0.2, -0.15) is 5.26 Å². The molecule has 1 saturated heterocycles. The summed E-state index contributed by atoms with van der Waals surface area (Å²) in [7, 11) is 0. The average molecular weight is 258 g/mol. The first-order valence-electron chi connectivity index (χ1n) is 6.57. The van der Waals surface area contributed by atoms with Gasteiger partial charge in [0.15, 0.2) is 0 Å². The minimum absolute atomic E-state index is 0.172. The second-order valence-electron chi connectivity index (χ2n) is 5.05. The number of piperidine rings is 1. The standard InChI is InChI=1S/C15H18N2O2/c16-12-15(13-4-2-1-3-5-13)7-10-17(11-8-15)9-6-14(18)19/h1-5H,6-11H2,(H,18,19). The molecule has 0 saturated carbocycles. The third-order valence-corrected chi connectivity index (χ3v) is 3.89. The van der Waals surface area contributed by atoms with E-state index in [0.29, 0.717) is 6.54 Å². The quantitative estimate of drug-likeness (QED) is 0.897. The topological polar surface area (TPSA) is 64.3 Å². The molecule has 1 fully saturated rings. The summed E-state index contributed by atoms with van der Waals surface area (Å²) in [6, 6.07) is 12.4. The Labute approximate surface area is 113 Å².